The van der Waals surface area contributed by atoms with Crippen LogP contribution in [0.15, 0.2) is 52.3 Å². The summed E-state index contributed by atoms with van der Waals surface area (Å²) in [5, 5.41) is 0. The highest BCUT2D eigenvalue weighted by molar-refractivity contribution is 7.98. The van der Waals surface area contributed by atoms with Crippen LogP contribution >= 0.6 is 11.8 Å². The Morgan fingerprint density at radius 1 is 1.14 bits per heavy atom. The third-order valence-corrected chi connectivity index (χ3v) is 4.98. The van der Waals surface area contributed by atoms with Crippen molar-refractivity contribution in [1.82, 2.24) is 0 Å². The lowest BCUT2D eigenvalue weighted by molar-refractivity contribution is 0.416. The summed E-state index contributed by atoms with van der Waals surface area (Å²) in [6.45, 7) is 0. The molecule has 0 spiro atoms. The van der Waals surface area contributed by atoms with Crippen LogP contribution in [0, 0.1) is 0 Å². The Bertz CT molecular complexity index is 728. The number of sulfonamides is 1. The van der Waals surface area contributed by atoms with Gasteiger partial charge in [-0.05, 0) is 48.7 Å². The predicted octanol–water partition coefficient (Wildman–Crippen LogP) is 2.80. The number of methoxy groups -OCH3 is 1. The molecule has 0 heterocycles. The fourth-order valence-corrected chi connectivity index (χ4v) is 3.25. The van der Waals surface area contributed by atoms with E-state index in [4.69, 9.17) is 10.5 Å². The van der Waals surface area contributed by atoms with Crippen molar-refractivity contribution in [1.29, 1.82) is 0 Å². The highest BCUT2D eigenvalue weighted by Gasteiger charge is 2.15. The predicted molar refractivity (Wildman–Crippen MR) is 86.4 cm³/mol. The summed E-state index contributed by atoms with van der Waals surface area (Å²) in [5.74, 6) is 0.443. The number of hydrogen-bond acceptors (Lipinski definition) is 5. The van der Waals surface area contributed by atoms with Crippen molar-refractivity contribution in [2.45, 2.75) is 9.79 Å². The van der Waals surface area contributed by atoms with Crippen molar-refractivity contribution < 1.29 is 13.2 Å². The maximum Gasteiger partial charge on any atom is 0.261 e. The standard InChI is InChI=1S/C14H16N2O3S2/c1-19-14-8-7-12(9-13(14)15)21(17,18)16-10-3-5-11(20-2)6-4-10/h3-9,16H,15H2,1-2H3. The Kier molecular flexibility index (Phi) is 4.64. The zero-order valence-corrected chi connectivity index (χ0v) is 13.3. The molecule has 7 heteroatoms. The van der Waals surface area contributed by atoms with Gasteiger partial charge in [-0.1, -0.05) is 0 Å². The molecule has 0 unspecified atom stereocenters. The highest BCUT2D eigenvalue weighted by atomic mass is 32.2. The summed E-state index contributed by atoms with van der Waals surface area (Å²) >= 11 is 1.59. The lowest BCUT2D eigenvalue weighted by Gasteiger charge is -2.10. The molecule has 0 aromatic heterocycles. The SMILES string of the molecule is COc1ccc(S(=O)(=O)Nc2ccc(SC)cc2)cc1N. The number of rotatable bonds is 5. The fraction of sp³-hybridized carbons (Fsp3) is 0.143. The van der Waals surface area contributed by atoms with E-state index < -0.39 is 10.0 Å². The number of hydrogen-bond donors (Lipinski definition) is 2. The monoisotopic (exact) mass is 324 g/mol. The van der Waals surface area contributed by atoms with Crippen LogP contribution in [-0.4, -0.2) is 21.8 Å². The molecule has 0 aliphatic carbocycles. The van der Waals surface area contributed by atoms with Gasteiger partial charge in [0.2, 0.25) is 0 Å². The van der Waals surface area contributed by atoms with Gasteiger partial charge in [0.25, 0.3) is 10.0 Å². The topological polar surface area (TPSA) is 81.4 Å². The molecule has 0 aliphatic heterocycles. The van der Waals surface area contributed by atoms with Crippen LogP contribution in [0.4, 0.5) is 11.4 Å². The number of nitrogen functional groups attached to an aromatic ring is 1. The van der Waals surface area contributed by atoms with Crippen LogP contribution in [0.25, 0.3) is 0 Å². The average molecular weight is 324 g/mol. The van der Waals surface area contributed by atoms with Gasteiger partial charge < -0.3 is 10.5 Å². The van der Waals surface area contributed by atoms with E-state index >= 15 is 0 Å². The molecule has 0 bridgehead atoms. The molecule has 0 saturated heterocycles. The molecule has 0 aliphatic rings. The quantitative estimate of drug-likeness (QED) is 0.653. The minimum absolute atomic E-state index is 0.0924. The molecular formula is C14H16N2O3S2. The zero-order valence-electron chi connectivity index (χ0n) is 11.7. The molecule has 0 atom stereocenters. The maximum atomic E-state index is 12.3. The van der Waals surface area contributed by atoms with Crippen LogP contribution < -0.4 is 15.2 Å². The Labute approximate surface area is 128 Å². The van der Waals surface area contributed by atoms with Crippen LogP contribution in [0.1, 0.15) is 0 Å². The molecule has 0 saturated carbocycles. The molecule has 3 N–H and O–H groups in total. The first-order valence-electron chi connectivity index (χ1n) is 6.06. The average Bonchev–Trinajstić information content (AvgIpc) is 2.47. The van der Waals surface area contributed by atoms with Gasteiger partial charge in [-0.25, -0.2) is 8.42 Å². The van der Waals surface area contributed by atoms with Crippen molar-refractivity contribution in [2.75, 3.05) is 23.8 Å². The van der Waals surface area contributed by atoms with E-state index in [1.54, 1.807) is 23.9 Å². The smallest absolute Gasteiger partial charge is 0.261 e. The molecule has 21 heavy (non-hydrogen) atoms. The number of thioether (sulfide) groups is 1. The van der Waals surface area contributed by atoms with E-state index in [1.165, 1.54) is 25.3 Å². The normalized spacial score (nSPS) is 11.1. The van der Waals surface area contributed by atoms with Gasteiger partial charge in [-0.2, -0.15) is 0 Å². The van der Waals surface area contributed by atoms with Crippen molar-refractivity contribution in [3.8, 4) is 5.75 Å². The van der Waals surface area contributed by atoms with Crippen LogP contribution in [0.2, 0.25) is 0 Å². The second-order valence-electron chi connectivity index (χ2n) is 4.24. The molecule has 5 nitrogen and oxygen atoms in total. The summed E-state index contributed by atoms with van der Waals surface area (Å²) in [6.07, 6.45) is 1.96. The first-order chi connectivity index (χ1) is 9.96. The number of nitrogens with two attached hydrogens (primary N) is 1. The number of anilines is 2. The molecule has 2 rings (SSSR count). The molecular weight excluding hydrogens is 308 g/mol. The first kappa shape index (κ1) is 15.5. The Morgan fingerprint density at radius 2 is 1.81 bits per heavy atom. The summed E-state index contributed by atoms with van der Waals surface area (Å²) < 4.78 is 32.1. The summed E-state index contributed by atoms with van der Waals surface area (Å²) in [6, 6.07) is 11.5. The second-order valence-corrected chi connectivity index (χ2v) is 6.80. The number of benzene rings is 2. The highest BCUT2D eigenvalue weighted by Crippen LogP contribution is 2.26. The van der Waals surface area contributed by atoms with Gasteiger partial charge in [0.15, 0.2) is 0 Å². The molecule has 2 aromatic carbocycles. The summed E-state index contributed by atoms with van der Waals surface area (Å²) in [7, 11) is -2.20. The van der Waals surface area contributed by atoms with Crippen LogP contribution in [0.3, 0.4) is 0 Å². The van der Waals surface area contributed by atoms with Gasteiger partial charge >= 0.3 is 0 Å². The largest absolute Gasteiger partial charge is 0.495 e. The Balaban J connectivity index is 2.26. The number of ether oxygens (including phenoxy) is 1. The lowest BCUT2D eigenvalue weighted by atomic mass is 10.3. The molecule has 0 amide bonds. The van der Waals surface area contributed by atoms with Gasteiger partial charge in [0.05, 0.1) is 17.7 Å². The molecule has 2 aromatic rings. The van der Waals surface area contributed by atoms with Crippen molar-refractivity contribution in [3.63, 3.8) is 0 Å². The Hall–Kier alpha value is -1.86. The van der Waals surface area contributed by atoms with Gasteiger partial charge in [-0.15, -0.1) is 11.8 Å². The van der Waals surface area contributed by atoms with Crippen molar-refractivity contribution >= 4 is 33.2 Å². The van der Waals surface area contributed by atoms with E-state index in [9.17, 15) is 8.42 Å². The second kappa shape index (κ2) is 6.28. The Morgan fingerprint density at radius 3 is 2.33 bits per heavy atom. The molecule has 0 fully saturated rings. The third kappa shape index (κ3) is 3.62. The summed E-state index contributed by atoms with van der Waals surface area (Å²) in [5.41, 5.74) is 6.52. The van der Waals surface area contributed by atoms with Crippen LogP contribution in [-0.2, 0) is 10.0 Å². The van der Waals surface area contributed by atoms with E-state index in [-0.39, 0.29) is 10.6 Å². The third-order valence-electron chi connectivity index (χ3n) is 2.85. The lowest BCUT2D eigenvalue weighted by Crippen LogP contribution is -2.13. The molecule has 0 radical (unpaired) electrons. The summed E-state index contributed by atoms with van der Waals surface area (Å²) in [4.78, 5) is 1.15. The minimum atomic E-state index is -3.67. The van der Waals surface area contributed by atoms with E-state index in [1.807, 2.05) is 18.4 Å². The fourth-order valence-electron chi connectivity index (χ4n) is 1.75. The van der Waals surface area contributed by atoms with Crippen LogP contribution in [0.5, 0.6) is 5.75 Å². The van der Waals surface area contributed by atoms with Crippen molar-refractivity contribution in [2.24, 2.45) is 0 Å². The van der Waals surface area contributed by atoms with Crippen molar-refractivity contribution in [3.05, 3.63) is 42.5 Å². The van der Waals surface area contributed by atoms with E-state index in [2.05, 4.69) is 4.72 Å². The maximum absolute atomic E-state index is 12.3. The van der Waals surface area contributed by atoms with Gasteiger partial charge in [-0.3, -0.25) is 4.72 Å². The van der Waals surface area contributed by atoms with Gasteiger partial charge in [0.1, 0.15) is 5.75 Å². The zero-order chi connectivity index (χ0) is 15.5. The number of nitrogens with one attached hydrogen (secondary N) is 1. The minimum Gasteiger partial charge on any atom is -0.495 e. The van der Waals surface area contributed by atoms with Gasteiger partial charge in [0, 0.05) is 10.6 Å². The van der Waals surface area contributed by atoms with E-state index in [0.717, 1.165) is 4.90 Å². The molecule has 112 valence electrons. The van der Waals surface area contributed by atoms with E-state index in [0.29, 0.717) is 11.4 Å². The first-order valence-corrected chi connectivity index (χ1v) is 8.77.